The van der Waals surface area contributed by atoms with E-state index >= 15 is 0 Å². The third kappa shape index (κ3) is 5.25. The highest BCUT2D eigenvalue weighted by Gasteiger charge is 2.34. The van der Waals surface area contributed by atoms with E-state index in [-0.39, 0.29) is 23.9 Å². The van der Waals surface area contributed by atoms with Gasteiger partial charge in [-0.3, -0.25) is 19.8 Å². The monoisotopic (exact) mass is 460 g/mol. The zero-order chi connectivity index (χ0) is 23.2. The number of benzene rings is 3. The zero-order valence-corrected chi connectivity index (χ0v) is 18.2. The summed E-state index contributed by atoms with van der Waals surface area (Å²) < 4.78 is 11.2. The first-order valence-electron chi connectivity index (χ1n) is 10.1. The molecule has 33 heavy (non-hydrogen) atoms. The van der Waals surface area contributed by atoms with E-state index in [1.54, 1.807) is 48.5 Å². The largest absolute Gasteiger partial charge is 0.491 e. The van der Waals surface area contributed by atoms with Crippen LogP contribution in [-0.2, 0) is 9.59 Å². The number of para-hydroxylation sites is 1. The summed E-state index contributed by atoms with van der Waals surface area (Å²) in [5.74, 6) is 0.690. The number of anilines is 1. The summed E-state index contributed by atoms with van der Waals surface area (Å²) in [6, 6.07) is 23.0. The van der Waals surface area contributed by atoms with Gasteiger partial charge >= 0.3 is 0 Å². The molecule has 1 saturated heterocycles. The Morgan fingerprint density at radius 1 is 0.909 bits per heavy atom. The standard InChI is InChI=1S/C25H20N2O5S/c28-13-14-31-21-8-4-5-17(15-21)16-22-23(29)26-25(33)27(24(22)30)18-9-11-20(12-10-18)32-19-6-2-1-3-7-19/h1-12,15-16,28H,13-14H2,(H,26,29,33)/b22-16+. The lowest BCUT2D eigenvalue weighted by atomic mass is 10.1. The van der Waals surface area contributed by atoms with Crippen LogP contribution in [0, 0.1) is 0 Å². The van der Waals surface area contributed by atoms with Gasteiger partial charge in [-0.05, 0) is 72.4 Å². The van der Waals surface area contributed by atoms with Crippen LogP contribution < -0.4 is 19.7 Å². The predicted octanol–water partition coefficient (Wildman–Crippen LogP) is 3.68. The lowest BCUT2D eigenvalue weighted by Gasteiger charge is -2.29. The molecule has 8 heteroatoms. The number of rotatable bonds is 7. The molecule has 166 valence electrons. The molecule has 3 aromatic rings. The van der Waals surface area contributed by atoms with Crippen molar-refractivity contribution in [1.82, 2.24) is 5.32 Å². The predicted molar refractivity (Wildman–Crippen MR) is 128 cm³/mol. The molecule has 0 saturated carbocycles. The molecule has 0 radical (unpaired) electrons. The van der Waals surface area contributed by atoms with Crippen LogP contribution in [0.1, 0.15) is 5.56 Å². The first-order chi connectivity index (χ1) is 16.0. The van der Waals surface area contributed by atoms with Crippen LogP contribution in [0.25, 0.3) is 6.08 Å². The molecule has 0 unspecified atom stereocenters. The number of ether oxygens (including phenoxy) is 2. The average Bonchev–Trinajstić information content (AvgIpc) is 2.82. The SMILES string of the molecule is O=C1NC(=S)N(c2ccc(Oc3ccccc3)cc2)C(=O)/C1=C/c1cccc(OCCO)c1. The maximum Gasteiger partial charge on any atom is 0.270 e. The minimum Gasteiger partial charge on any atom is -0.491 e. The van der Waals surface area contributed by atoms with Crippen molar-refractivity contribution in [2.45, 2.75) is 0 Å². The summed E-state index contributed by atoms with van der Waals surface area (Å²) in [7, 11) is 0. The molecule has 2 N–H and O–H groups in total. The summed E-state index contributed by atoms with van der Waals surface area (Å²) in [4.78, 5) is 27.0. The Morgan fingerprint density at radius 2 is 1.61 bits per heavy atom. The van der Waals surface area contributed by atoms with Gasteiger partial charge in [0.15, 0.2) is 5.11 Å². The van der Waals surface area contributed by atoms with Crippen molar-refractivity contribution in [3.8, 4) is 17.2 Å². The molecule has 0 aromatic heterocycles. The third-order valence-corrected chi connectivity index (χ3v) is 4.99. The maximum atomic E-state index is 13.2. The van der Waals surface area contributed by atoms with E-state index < -0.39 is 11.8 Å². The molecule has 7 nitrogen and oxygen atoms in total. The molecule has 0 spiro atoms. The second-order valence-corrected chi connectivity index (χ2v) is 7.40. The van der Waals surface area contributed by atoms with E-state index in [9.17, 15) is 9.59 Å². The summed E-state index contributed by atoms with van der Waals surface area (Å²) in [5, 5.41) is 11.5. The molecule has 1 aliphatic rings. The van der Waals surface area contributed by atoms with Crippen molar-refractivity contribution in [3.05, 3.63) is 90.0 Å². The van der Waals surface area contributed by atoms with Crippen molar-refractivity contribution in [3.63, 3.8) is 0 Å². The first-order valence-corrected chi connectivity index (χ1v) is 10.5. The van der Waals surface area contributed by atoms with Gasteiger partial charge in [0.05, 0.1) is 12.3 Å². The third-order valence-electron chi connectivity index (χ3n) is 4.70. The van der Waals surface area contributed by atoms with E-state index in [0.29, 0.717) is 28.5 Å². The molecule has 0 bridgehead atoms. The van der Waals surface area contributed by atoms with Crippen molar-refractivity contribution in [2.24, 2.45) is 0 Å². The van der Waals surface area contributed by atoms with E-state index in [2.05, 4.69) is 5.32 Å². The van der Waals surface area contributed by atoms with Crippen molar-refractivity contribution >= 4 is 40.9 Å². The molecular formula is C25H20N2O5S. The highest BCUT2D eigenvalue weighted by molar-refractivity contribution is 7.80. The normalized spacial score (nSPS) is 14.9. The first kappa shape index (κ1) is 22.2. The molecule has 2 amide bonds. The van der Waals surface area contributed by atoms with E-state index in [0.717, 1.165) is 0 Å². The fourth-order valence-electron chi connectivity index (χ4n) is 3.20. The van der Waals surface area contributed by atoms with Gasteiger partial charge in [-0.15, -0.1) is 0 Å². The van der Waals surface area contributed by atoms with Crippen LogP contribution >= 0.6 is 12.2 Å². The van der Waals surface area contributed by atoms with Gasteiger partial charge in [-0.25, -0.2) is 0 Å². The summed E-state index contributed by atoms with van der Waals surface area (Å²) in [5.41, 5.74) is 1.03. The van der Waals surface area contributed by atoms with Crippen molar-refractivity contribution in [2.75, 3.05) is 18.1 Å². The number of hydrogen-bond donors (Lipinski definition) is 2. The topological polar surface area (TPSA) is 88.1 Å². The molecule has 1 aliphatic heterocycles. The maximum absolute atomic E-state index is 13.2. The summed E-state index contributed by atoms with van der Waals surface area (Å²) in [6.45, 7) is 0.0270. The summed E-state index contributed by atoms with van der Waals surface area (Å²) in [6.07, 6.45) is 1.48. The molecule has 1 fully saturated rings. The lowest BCUT2D eigenvalue weighted by molar-refractivity contribution is -0.122. The molecule has 0 aliphatic carbocycles. The van der Waals surface area contributed by atoms with E-state index in [1.807, 2.05) is 30.3 Å². The number of hydrogen-bond acceptors (Lipinski definition) is 6. The van der Waals surface area contributed by atoms with Gasteiger partial charge in [0.25, 0.3) is 11.8 Å². The van der Waals surface area contributed by atoms with Gasteiger partial charge in [0, 0.05) is 0 Å². The molecular weight excluding hydrogens is 440 g/mol. The number of carbonyl (C=O) groups excluding carboxylic acids is 2. The fraction of sp³-hybridized carbons (Fsp3) is 0.0800. The van der Waals surface area contributed by atoms with Crippen LogP contribution in [0.4, 0.5) is 5.69 Å². The minimum atomic E-state index is -0.577. The number of aliphatic hydroxyl groups is 1. The van der Waals surface area contributed by atoms with Gasteiger partial charge in [-0.2, -0.15) is 0 Å². The van der Waals surface area contributed by atoms with E-state index in [1.165, 1.54) is 11.0 Å². The second kappa shape index (κ2) is 10.1. The highest BCUT2D eigenvalue weighted by atomic mass is 32.1. The number of aliphatic hydroxyl groups excluding tert-OH is 1. The summed E-state index contributed by atoms with van der Waals surface area (Å²) >= 11 is 5.26. The highest BCUT2D eigenvalue weighted by Crippen LogP contribution is 2.27. The Kier molecular flexibility index (Phi) is 6.77. The van der Waals surface area contributed by atoms with Crippen molar-refractivity contribution < 1.29 is 24.2 Å². The quantitative estimate of drug-likeness (QED) is 0.318. The number of nitrogens with zero attached hydrogens (tertiary/aromatic N) is 1. The molecule has 3 aromatic carbocycles. The van der Waals surface area contributed by atoms with E-state index in [4.69, 9.17) is 26.8 Å². The van der Waals surface area contributed by atoms with Gasteiger partial charge in [-0.1, -0.05) is 30.3 Å². The van der Waals surface area contributed by atoms with Gasteiger partial charge in [0.1, 0.15) is 29.4 Å². The van der Waals surface area contributed by atoms with Crippen LogP contribution in [0.3, 0.4) is 0 Å². The second-order valence-electron chi connectivity index (χ2n) is 7.01. The number of thiocarbonyl (C=S) groups is 1. The van der Waals surface area contributed by atoms with Crippen LogP contribution in [-0.4, -0.2) is 35.2 Å². The van der Waals surface area contributed by atoms with Crippen molar-refractivity contribution in [1.29, 1.82) is 0 Å². The number of nitrogens with one attached hydrogen (secondary N) is 1. The molecule has 0 atom stereocenters. The Hall–Kier alpha value is -4.01. The van der Waals surface area contributed by atoms with Gasteiger partial charge in [0.2, 0.25) is 0 Å². The Morgan fingerprint density at radius 3 is 2.33 bits per heavy atom. The van der Waals surface area contributed by atoms with Crippen LogP contribution in [0.5, 0.6) is 17.2 Å². The zero-order valence-electron chi connectivity index (χ0n) is 17.4. The number of carbonyl (C=O) groups is 2. The minimum absolute atomic E-state index is 0.00101. The smallest absolute Gasteiger partial charge is 0.270 e. The molecule has 1 heterocycles. The number of amides is 2. The average molecular weight is 461 g/mol. The lowest BCUT2D eigenvalue weighted by Crippen LogP contribution is -2.54. The Balaban J connectivity index is 1.57. The van der Waals surface area contributed by atoms with Crippen LogP contribution in [0.2, 0.25) is 0 Å². The fourth-order valence-corrected chi connectivity index (χ4v) is 3.49. The Bertz CT molecular complexity index is 1210. The van der Waals surface area contributed by atoms with Gasteiger partial charge < -0.3 is 14.6 Å². The molecule has 4 rings (SSSR count). The Labute approximate surface area is 195 Å². The van der Waals surface area contributed by atoms with Crippen LogP contribution in [0.15, 0.2) is 84.4 Å².